The Bertz CT molecular complexity index is 533. The number of nitrogens with zero attached hydrogens (tertiary/aromatic N) is 2. The predicted molar refractivity (Wildman–Crippen MR) is 62.4 cm³/mol. The van der Waals surface area contributed by atoms with E-state index >= 15 is 0 Å². The fraction of sp³-hybridized carbons (Fsp3) is 0.556. The highest BCUT2D eigenvalue weighted by atomic mass is 32.2. The number of nitrogens with one attached hydrogen (secondary N) is 1. The Hall–Kier alpha value is -1.57. The molecule has 0 saturated carbocycles. The lowest BCUT2D eigenvalue weighted by Crippen LogP contribution is -2.16. The van der Waals surface area contributed by atoms with Crippen LogP contribution < -0.4 is 4.72 Å². The lowest BCUT2D eigenvalue weighted by molar-refractivity contribution is 0.0527. The monoisotopic (exact) mass is 261 g/mol. The van der Waals surface area contributed by atoms with E-state index in [9.17, 15) is 13.2 Å². The number of esters is 1. The number of hydrogen-bond acceptors (Lipinski definition) is 5. The van der Waals surface area contributed by atoms with Gasteiger partial charge in [0.05, 0.1) is 18.6 Å². The van der Waals surface area contributed by atoms with E-state index in [1.807, 2.05) is 0 Å². The minimum atomic E-state index is -3.48. The number of sulfonamides is 1. The first-order valence-corrected chi connectivity index (χ1v) is 6.84. The van der Waals surface area contributed by atoms with Gasteiger partial charge in [0.15, 0.2) is 5.82 Å². The first-order chi connectivity index (χ1) is 7.76. The quantitative estimate of drug-likeness (QED) is 0.786. The minimum absolute atomic E-state index is 0.114. The molecule has 0 saturated heterocycles. The molecule has 0 aliphatic carbocycles. The first-order valence-electron chi connectivity index (χ1n) is 4.94. The molecule has 1 N–H and O–H groups in total. The summed E-state index contributed by atoms with van der Waals surface area (Å²) >= 11 is 0. The van der Waals surface area contributed by atoms with Crippen LogP contribution in [0.25, 0.3) is 0 Å². The van der Waals surface area contributed by atoms with Crippen molar-refractivity contribution in [3.63, 3.8) is 0 Å². The van der Waals surface area contributed by atoms with E-state index < -0.39 is 16.0 Å². The maximum absolute atomic E-state index is 11.7. The fourth-order valence-electron chi connectivity index (χ4n) is 1.40. The summed E-state index contributed by atoms with van der Waals surface area (Å²) in [6, 6.07) is 0. The van der Waals surface area contributed by atoms with Gasteiger partial charge in [-0.05, 0) is 13.8 Å². The van der Waals surface area contributed by atoms with Gasteiger partial charge in [-0.25, -0.2) is 13.2 Å². The van der Waals surface area contributed by atoms with Crippen molar-refractivity contribution in [1.82, 2.24) is 9.78 Å². The Labute approximate surface area is 99.8 Å². The number of rotatable bonds is 4. The van der Waals surface area contributed by atoms with Gasteiger partial charge < -0.3 is 4.74 Å². The minimum Gasteiger partial charge on any atom is -0.462 e. The Morgan fingerprint density at radius 2 is 2.12 bits per heavy atom. The molecule has 0 aliphatic rings. The number of ether oxygens (including phenoxy) is 1. The predicted octanol–water partition coefficient (Wildman–Crippen LogP) is 0.277. The second-order valence-electron chi connectivity index (χ2n) is 3.53. The van der Waals surface area contributed by atoms with Gasteiger partial charge in [0.2, 0.25) is 10.0 Å². The number of aromatic nitrogens is 2. The summed E-state index contributed by atoms with van der Waals surface area (Å²) in [5.41, 5.74) is 0.553. The molecule has 96 valence electrons. The molecule has 0 fully saturated rings. The third-order valence-corrected chi connectivity index (χ3v) is 2.55. The molecule has 1 rings (SSSR count). The standard InChI is InChI=1S/C9H15N3O4S/c1-5-16-9(13)7-6(2)10-12(3)8(7)11-17(4,14)15/h11H,5H2,1-4H3. The van der Waals surface area contributed by atoms with Crippen LogP contribution in [0.15, 0.2) is 0 Å². The van der Waals surface area contributed by atoms with Crippen molar-refractivity contribution in [1.29, 1.82) is 0 Å². The molecule has 1 heterocycles. The smallest absolute Gasteiger partial charge is 0.343 e. The van der Waals surface area contributed by atoms with Crippen molar-refractivity contribution in [3.8, 4) is 0 Å². The van der Waals surface area contributed by atoms with Crippen molar-refractivity contribution in [2.75, 3.05) is 17.6 Å². The lowest BCUT2D eigenvalue weighted by atomic mass is 10.2. The number of hydrogen-bond donors (Lipinski definition) is 1. The fourth-order valence-corrected chi connectivity index (χ4v) is 1.98. The van der Waals surface area contributed by atoms with Crippen LogP contribution in [-0.4, -0.2) is 37.0 Å². The summed E-state index contributed by atoms with van der Waals surface area (Å²) in [5.74, 6) is -0.479. The van der Waals surface area contributed by atoms with Crippen molar-refractivity contribution >= 4 is 21.8 Å². The SMILES string of the molecule is CCOC(=O)c1c(C)nn(C)c1NS(C)(=O)=O. The number of carbonyl (C=O) groups is 1. The highest BCUT2D eigenvalue weighted by molar-refractivity contribution is 7.92. The summed E-state index contributed by atoms with van der Waals surface area (Å²) < 4.78 is 30.8. The largest absolute Gasteiger partial charge is 0.462 e. The third kappa shape index (κ3) is 3.19. The van der Waals surface area contributed by atoms with E-state index in [-0.39, 0.29) is 18.0 Å². The van der Waals surface area contributed by atoms with Crippen LogP contribution in [0.3, 0.4) is 0 Å². The maximum atomic E-state index is 11.7. The average Bonchev–Trinajstić information content (AvgIpc) is 2.39. The Morgan fingerprint density at radius 1 is 1.53 bits per heavy atom. The van der Waals surface area contributed by atoms with Crippen molar-refractivity contribution < 1.29 is 17.9 Å². The Balaban J connectivity index is 3.24. The molecule has 17 heavy (non-hydrogen) atoms. The van der Waals surface area contributed by atoms with Crippen molar-refractivity contribution in [2.24, 2.45) is 7.05 Å². The van der Waals surface area contributed by atoms with Crippen LogP contribution in [0.2, 0.25) is 0 Å². The van der Waals surface area contributed by atoms with Crippen LogP contribution in [0.4, 0.5) is 5.82 Å². The molecule has 8 heteroatoms. The zero-order valence-electron chi connectivity index (χ0n) is 10.1. The number of anilines is 1. The second-order valence-corrected chi connectivity index (χ2v) is 5.28. The van der Waals surface area contributed by atoms with Gasteiger partial charge in [-0.1, -0.05) is 0 Å². The van der Waals surface area contributed by atoms with Crippen LogP contribution in [0, 0.1) is 6.92 Å². The Morgan fingerprint density at radius 3 is 2.59 bits per heavy atom. The molecular formula is C9H15N3O4S. The first kappa shape index (κ1) is 13.5. The molecule has 7 nitrogen and oxygen atoms in total. The van der Waals surface area contributed by atoms with Gasteiger partial charge in [0.25, 0.3) is 0 Å². The molecule has 0 radical (unpaired) electrons. The molecule has 0 unspecified atom stereocenters. The van der Waals surface area contributed by atoms with Crippen LogP contribution >= 0.6 is 0 Å². The van der Waals surface area contributed by atoms with E-state index in [1.54, 1.807) is 20.9 Å². The topological polar surface area (TPSA) is 90.3 Å². The van der Waals surface area contributed by atoms with E-state index in [0.29, 0.717) is 5.69 Å². The number of aryl methyl sites for hydroxylation is 2. The lowest BCUT2D eigenvalue weighted by Gasteiger charge is -2.07. The second kappa shape index (κ2) is 4.74. The molecular weight excluding hydrogens is 246 g/mol. The molecule has 1 aromatic rings. The average molecular weight is 261 g/mol. The number of carbonyl (C=O) groups excluding carboxylic acids is 1. The summed E-state index contributed by atoms with van der Waals surface area (Å²) in [7, 11) is -1.93. The van der Waals surface area contributed by atoms with Gasteiger partial charge in [-0.15, -0.1) is 0 Å². The zero-order chi connectivity index (χ0) is 13.2. The highest BCUT2D eigenvalue weighted by Crippen LogP contribution is 2.20. The molecule has 0 aromatic carbocycles. The molecule has 0 bridgehead atoms. The van der Waals surface area contributed by atoms with Crippen LogP contribution in [0.5, 0.6) is 0 Å². The maximum Gasteiger partial charge on any atom is 0.343 e. The van der Waals surface area contributed by atoms with Gasteiger partial charge >= 0.3 is 5.97 Å². The Kier molecular flexibility index (Phi) is 3.76. The zero-order valence-corrected chi connectivity index (χ0v) is 11.0. The molecule has 0 spiro atoms. The third-order valence-electron chi connectivity index (χ3n) is 1.98. The summed E-state index contributed by atoms with van der Waals surface area (Å²) in [5, 5.41) is 3.99. The van der Waals surface area contributed by atoms with E-state index in [2.05, 4.69) is 9.82 Å². The van der Waals surface area contributed by atoms with Crippen LogP contribution in [-0.2, 0) is 21.8 Å². The van der Waals surface area contributed by atoms with E-state index in [0.717, 1.165) is 6.26 Å². The molecule has 0 amide bonds. The molecule has 0 aliphatic heterocycles. The normalized spacial score (nSPS) is 11.3. The summed E-state index contributed by atoms with van der Waals surface area (Å²) in [4.78, 5) is 11.7. The van der Waals surface area contributed by atoms with Gasteiger partial charge in [-0.3, -0.25) is 9.40 Å². The molecule has 1 aromatic heterocycles. The van der Waals surface area contributed by atoms with E-state index in [1.165, 1.54) is 4.68 Å². The molecule has 0 atom stereocenters. The summed E-state index contributed by atoms with van der Waals surface area (Å²) in [6.45, 7) is 3.50. The van der Waals surface area contributed by atoms with Crippen molar-refractivity contribution in [3.05, 3.63) is 11.3 Å². The van der Waals surface area contributed by atoms with E-state index in [4.69, 9.17) is 4.74 Å². The van der Waals surface area contributed by atoms with Crippen molar-refractivity contribution in [2.45, 2.75) is 13.8 Å². The highest BCUT2D eigenvalue weighted by Gasteiger charge is 2.23. The summed E-state index contributed by atoms with van der Waals surface area (Å²) in [6.07, 6.45) is 1.00. The van der Waals surface area contributed by atoms with Crippen LogP contribution in [0.1, 0.15) is 23.0 Å². The van der Waals surface area contributed by atoms with Gasteiger partial charge in [0, 0.05) is 7.05 Å². The van der Waals surface area contributed by atoms with Gasteiger partial charge in [0.1, 0.15) is 5.56 Å². The van der Waals surface area contributed by atoms with Gasteiger partial charge in [-0.2, -0.15) is 5.10 Å².